The molecule has 0 aliphatic rings. The topological polar surface area (TPSA) is 52.1 Å². The van der Waals surface area contributed by atoms with Gasteiger partial charge in [-0.15, -0.1) is 0 Å². The van der Waals surface area contributed by atoms with E-state index in [4.69, 9.17) is 18.8 Å². The van der Waals surface area contributed by atoms with Crippen LogP contribution in [0.25, 0.3) is 55.7 Å². The van der Waals surface area contributed by atoms with E-state index in [1.807, 2.05) is 12.3 Å². The molecular weight excluding hydrogens is 468 g/mol. The van der Waals surface area contributed by atoms with Crippen molar-refractivity contribution in [2.45, 2.75) is 65.7 Å². The first kappa shape index (κ1) is 24.4. The monoisotopic (exact) mass is 502 g/mol. The van der Waals surface area contributed by atoms with Gasteiger partial charge in [-0.1, -0.05) is 84.9 Å². The smallest absolute Gasteiger partial charge is 0.228 e. The molecule has 192 valence electrons. The molecule has 0 unspecified atom stereocenters. The van der Waals surface area contributed by atoms with Crippen molar-refractivity contribution in [1.29, 1.82) is 0 Å². The van der Waals surface area contributed by atoms with Gasteiger partial charge < -0.3 is 8.83 Å². The van der Waals surface area contributed by atoms with Crippen LogP contribution < -0.4 is 0 Å². The van der Waals surface area contributed by atoms with E-state index in [9.17, 15) is 0 Å². The van der Waals surface area contributed by atoms with E-state index in [2.05, 4.69) is 103 Å². The van der Waals surface area contributed by atoms with E-state index < -0.39 is 0 Å². The lowest BCUT2D eigenvalue weighted by Crippen LogP contribution is -2.11. The maximum absolute atomic E-state index is 6.59. The number of hydrogen-bond acceptors (Lipinski definition) is 4. The van der Waals surface area contributed by atoms with Gasteiger partial charge in [0.25, 0.3) is 0 Å². The molecule has 0 aliphatic heterocycles. The number of furan rings is 1. The molecular formula is C34H34N2O2. The molecule has 0 radical (unpaired) electrons. The summed E-state index contributed by atoms with van der Waals surface area (Å²) >= 11 is 0. The normalized spacial score (nSPS) is 12.6. The number of rotatable bonds is 4. The lowest BCUT2D eigenvalue weighted by atomic mass is 9.88. The molecule has 0 spiro atoms. The molecule has 4 heteroatoms. The number of oxazole rings is 1. The summed E-state index contributed by atoms with van der Waals surface area (Å²) in [5, 5.41) is 2.08. The zero-order valence-electron chi connectivity index (χ0n) is 23.2. The summed E-state index contributed by atoms with van der Waals surface area (Å²) in [7, 11) is 0. The molecule has 0 fully saturated rings. The van der Waals surface area contributed by atoms with Crippen molar-refractivity contribution in [2.24, 2.45) is 0 Å². The fourth-order valence-electron chi connectivity index (χ4n) is 5.35. The number of para-hydroxylation sites is 1. The number of benzene rings is 3. The quantitative estimate of drug-likeness (QED) is 0.241. The number of hydrogen-bond donors (Lipinski definition) is 0. The van der Waals surface area contributed by atoms with Crippen molar-refractivity contribution in [3.05, 3.63) is 83.6 Å². The van der Waals surface area contributed by atoms with E-state index in [0.29, 0.717) is 17.7 Å². The van der Waals surface area contributed by atoms with Gasteiger partial charge in [-0.3, -0.25) is 4.98 Å². The van der Waals surface area contributed by atoms with Crippen molar-refractivity contribution in [3.8, 4) is 22.7 Å². The van der Waals surface area contributed by atoms with Gasteiger partial charge in [-0.05, 0) is 58.2 Å². The molecule has 3 heterocycles. The lowest BCUT2D eigenvalue weighted by Gasteiger charge is -2.18. The minimum Gasteiger partial charge on any atom is -0.453 e. The highest BCUT2D eigenvalue weighted by atomic mass is 16.4. The molecule has 3 aromatic carbocycles. The Bertz CT molecular complexity index is 1770. The highest BCUT2D eigenvalue weighted by Crippen LogP contribution is 2.41. The van der Waals surface area contributed by atoms with Gasteiger partial charge in [0.15, 0.2) is 16.7 Å². The standard InChI is InChI=1S/C34H34N2O2/c1-19(2)22-10-8-11-23(20(3)4)29(22)33-36-30-28(37-33)17-15-25-24-12-9-13-26(31(24)38-32(25)30)27-16-14-21(18-35-27)34(5,6)7/h8-20H,1-7H3. The van der Waals surface area contributed by atoms with Crippen LogP contribution in [0.5, 0.6) is 0 Å². The Hall–Kier alpha value is -3.92. The Morgan fingerprint density at radius 3 is 2.03 bits per heavy atom. The molecule has 3 aromatic heterocycles. The largest absolute Gasteiger partial charge is 0.453 e. The summed E-state index contributed by atoms with van der Waals surface area (Å²) < 4.78 is 13.0. The Kier molecular flexibility index (Phi) is 5.68. The number of nitrogens with zero attached hydrogens (tertiary/aromatic N) is 2. The molecule has 38 heavy (non-hydrogen) atoms. The van der Waals surface area contributed by atoms with Crippen molar-refractivity contribution >= 4 is 33.0 Å². The third kappa shape index (κ3) is 3.91. The number of fused-ring (bicyclic) bond motifs is 5. The average Bonchev–Trinajstić information content (AvgIpc) is 3.49. The second-order valence-electron chi connectivity index (χ2n) is 11.9. The third-order valence-corrected chi connectivity index (χ3v) is 7.52. The Morgan fingerprint density at radius 1 is 0.711 bits per heavy atom. The summed E-state index contributed by atoms with van der Waals surface area (Å²) in [6, 6.07) is 21.1. The van der Waals surface area contributed by atoms with Gasteiger partial charge >= 0.3 is 0 Å². The lowest BCUT2D eigenvalue weighted by molar-refractivity contribution is 0.587. The Balaban J connectivity index is 1.56. The summed E-state index contributed by atoms with van der Waals surface area (Å²) in [5.74, 6) is 1.36. The van der Waals surface area contributed by atoms with Gasteiger partial charge in [0.1, 0.15) is 5.58 Å². The molecule has 0 saturated carbocycles. The van der Waals surface area contributed by atoms with E-state index in [1.165, 1.54) is 16.7 Å². The summed E-state index contributed by atoms with van der Waals surface area (Å²) in [4.78, 5) is 9.86. The van der Waals surface area contributed by atoms with E-state index in [-0.39, 0.29) is 5.41 Å². The first-order chi connectivity index (χ1) is 18.1. The van der Waals surface area contributed by atoms with Crippen LogP contribution in [0.4, 0.5) is 0 Å². The van der Waals surface area contributed by atoms with E-state index >= 15 is 0 Å². The highest BCUT2D eigenvalue weighted by molar-refractivity contribution is 6.15. The third-order valence-electron chi connectivity index (χ3n) is 7.52. The van der Waals surface area contributed by atoms with Crippen LogP contribution in [0.3, 0.4) is 0 Å². The highest BCUT2D eigenvalue weighted by Gasteiger charge is 2.23. The second-order valence-corrected chi connectivity index (χ2v) is 11.9. The molecule has 0 atom stereocenters. The van der Waals surface area contributed by atoms with Gasteiger partial charge in [-0.2, -0.15) is 0 Å². The zero-order chi connectivity index (χ0) is 26.8. The average molecular weight is 503 g/mol. The van der Waals surface area contributed by atoms with E-state index in [1.54, 1.807) is 0 Å². The molecule has 0 bridgehead atoms. The zero-order valence-corrected chi connectivity index (χ0v) is 23.2. The van der Waals surface area contributed by atoms with Crippen LogP contribution in [-0.2, 0) is 5.41 Å². The van der Waals surface area contributed by atoms with Crippen LogP contribution in [0.1, 0.15) is 77.0 Å². The second kappa shape index (κ2) is 8.83. The van der Waals surface area contributed by atoms with Gasteiger partial charge in [0.2, 0.25) is 5.89 Å². The number of pyridine rings is 1. The van der Waals surface area contributed by atoms with Crippen molar-refractivity contribution < 1.29 is 8.83 Å². The number of aromatic nitrogens is 2. The molecule has 0 amide bonds. The van der Waals surface area contributed by atoms with Crippen molar-refractivity contribution in [3.63, 3.8) is 0 Å². The van der Waals surface area contributed by atoms with Gasteiger partial charge in [0, 0.05) is 28.1 Å². The van der Waals surface area contributed by atoms with Crippen LogP contribution in [0.15, 0.2) is 75.7 Å². The molecule has 6 aromatic rings. The molecule has 0 aliphatic carbocycles. The summed E-state index contributed by atoms with van der Waals surface area (Å²) in [6.45, 7) is 15.5. The fraction of sp³-hybridized carbons (Fsp3) is 0.294. The van der Waals surface area contributed by atoms with Crippen LogP contribution in [0.2, 0.25) is 0 Å². The minimum atomic E-state index is 0.0524. The van der Waals surface area contributed by atoms with Crippen LogP contribution in [-0.4, -0.2) is 9.97 Å². The fourth-order valence-corrected chi connectivity index (χ4v) is 5.35. The predicted molar refractivity (Wildman–Crippen MR) is 157 cm³/mol. The first-order valence-corrected chi connectivity index (χ1v) is 13.5. The molecule has 0 saturated heterocycles. The van der Waals surface area contributed by atoms with Gasteiger partial charge in [0.05, 0.1) is 5.69 Å². The van der Waals surface area contributed by atoms with Crippen LogP contribution in [0, 0.1) is 0 Å². The van der Waals surface area contributed by atoms with Crippen molar-refractivity contribution in [1.82, 2.24) is 9.97 Å². The van der Waals surface area contributed by atoms with E-state index in [0.717, 1.165) is 49.9 Å². The maximum atomic E-state index is 6.59. The van der Waals surface area contributed by atoms with Crippen LogP contribution >= 0.6 is 0 Å². The SMILES string of the molecule is CC(C)c1cccc(C(C)C)c1-c1nc2c(ccc3c4cccc(-c5ccc(C(C)(C)C)cn5)c4oc32)o1. The summed E-state index contributed by atoms with van der Waals surface area (Å²) in [5.41, 5.74) is 9.77. The first-order valence-electron chi connectivity index (χ1n) is 13.5. The Labute approximate surface area is 223 Å². The molecule has 4 nitrogen and oxygen atoms in total. The Morgan fingerprint density at radius 2 is 1.39 bits per heavy atom. The predicted octanol–water partition coefficient (Wildman–Crippen LogP) is 10.0. The minimum absolute atomic E-state index is 0.0524. The van der Waals surface area contributed by atoms with Crippen molar-refractivity contribution in [2.75, 3.05) is 0 Å². The molecule has 0 N–H and O–H groups in total. The summed E-state index contributed by atoms with van der Waals surface area (Å²) in [6.07, 6.45) is 1.97. The maximum Gasteiger partial charge on any atom is 0.228 e. The molecule has 6 rings (SSSR count). The van der Waals surface area contributed by atoms with Gasteiger partial charge in [-0.25, -0.2) is 4.98 Å².